The minimum absolute atomic E-state index is 0.689. The van der Waals surface area contributed by atoms with Crippen LogP contribution in [-0.2, 0) is 0 Å². The van der Waals surface area contributed by atoms with Crippen molar-refractivity contribution < 1.29 is 0 Å². The van der Waals surface area contributed by atoms with E-state index in [2.05, 4.69) is 31.0 Å². The van der Waals surface area contributed by atoms with E-state index in [1.54, 1.807) is 0 Å². The van der Waals surface area contributed by atoms with Crippen molar-refractivity contribution in [2.45, 2.75) is 45.3 Å². The summed E-state index contributed by atoms with van der Waals surface area (Å²) in [6.45, 7) is 9.40. The van der Waals surface area contributed by atoms with Crippen LogP contribution in [0.25, 0.3) is 0 Å². The fraction of sp³-hybridized carbons (Fsp3) is 1.00. The monoisotopic (exact) mass is 168 g/mol. The second-order valence-corrected chi connectivity index (χ2v) is 4.64. The minimum atomic E-state index is 0.689. The zero-order valence-electron chi connectivity index (χ0n) is 8.38. The first-order valence-electron chi connectivity index (χ1n) is 5.17. The van der Waals surface area contributed by atoms with Crippen molar-refractivity contribution in [1.29, 1.82) is 0 Å². The van der Waals surface area contributed by atoms with Crippen LogP contribution in [0.1, 0.15) is 27.2 Å². The van der Waals surface area contributed by atoms with E-state index in [1.807, 2.05) is 0 Å². The highest BCUT2D eigenvalue weighted by atomic mass is 15.3. The zero-order valence-corrected chi connectivity index (χ0v) is 8.38. The fourth-order valence-corrected chi connectivity index (χ4v) is 2.28. The molecule has 0 bridgehead atoms. The molecule has 2 fully saturated rings. The van der Waals surface area contributed by atoms with E-state index in [4.69, 9.17) is 0 Å². The van der Waals surface area contributed by atoms with Crippen molar-refractivity contribution in [3.05, 3.63) is 0 Å². The van der Waals surface area contributed by atoms with Gasteiger partial charge in [0, 0.05) is 31.2 Å². The van der Waals surface area contributed by atoms with E-state index in [0.29, 0.717) is 6.04 Å². The predicted octanol–water partition coefficient (Wildman–Crippen LogP) is 1.08. The Labute approximate surface area is 75.3 Å². The lowest BCUT2D eigenvalue weighted by atomic mass is 10.1. The lowest BCUT2D eigenvalue weighted by molar-refractivity contribution is 0.132. The van der Waals surface area contributed by atoms with Gasteiger partial charge in [-0.3, -0.25) is 4.90 Å². The molecule has 2 heteroatoms. The molecule has 0 aromatic heterocycles. The van der Waals surface area contributed by atoms with Gasteiger partial charge in [0.05, 0.1) is 0 Å². The Bertz CT molecular complexity index is 167. The molecular weight excluding hydrogens is 148 g/mol. The second kappa shape index (κ2) is 3.00. The molecule has 2 aliphatic rings. The standard InChI is InChI=1S/C10H20N2/c1-7-4-10(7)12-6-8(2)11-5-9(12)3/h7-11H,4-6H2,1-3H3. The highest BCUT2D eigenvalue weighted by Gasteiger charge is 2.41. The molecule has 2 rings (SSSR count). The third kappa shape index (κ3) is 1.50. The average molecular weight is 168 g/mol. The van der Waals surface area contributed by atoms with Gasteiger partial charge in [-0.05, 0) is 26.2 Å². The highest BCUT2D eigenvalue weighted by Crippen LogP contribution is 2.36. The number of rotatable bonds is 1. The first kappa shape index (κ1) is 8.52. The van der Waals surface area contributed by atoms with Gasteiger partial charge in [0.25, 0.3) is 0 Å². The quantitative estimate of drug-likeness (QED) is 0.630. The number of hydrogen-bond donors (Lipinski definition) is 1. The van der Waals surface area contributed by atoms with E-state index in [0.717, 1.165) is 18.0 Å². The van der Waals surface area contributed by atoms with Crippen molar-refractivity contribution in [3.8, 4) is 0 Å². The molecule has 0 amide bonds. The molecule has 1 saturated heterocycles. The minimum Gasteiger partial charge on any atom is -0.311 e. The summed E-state index contributed by atoms with van der Waals surface area (Å²) in [5.74, 6) is 0.956. The van der Waals surface area contributed by atoms with Crippen LogP contribution in [0.15, 0.2) is 0 Å². The zero-order chi connectivity index (χ0) is 8.72. The maximum Gasteiger partial charge on any atom is 0.0196 e. The summed E-state index contributed by atoms with van der Waals surface area (Å²) in [7, 11) is 0. The summed E-state index contributed by atoms with van der Waals surface area (Å²) in [5, 5.41) is 3.52. The summed E-state index contributed by atoms with van der Waals surface area (Å²) in [4.78, 5) is 2.69. The van der Waals surface area contributed by atoms with Crippen LogP contribution in [0.4, 0.5) is 0 Å². The smallest absolute Gasteiger partial charge is 0.0196 e. The van der Waals surface area contributed by atoms with E-state index in [9.17, 15) is 0 Å². The van der Waals surface area contributed by atoms with E-state index in [1.165, 1.54) is 19.5 Å². The van der Waals surface area contributed by atoms with Gasteiger partial charge in [-0.25, -0.2) is 0 Å². The van der Waals surface area contributed by atoms with Crippen molar-refractivity contribution in [3.63, 3.8) is 0 Å². The Morgan fingerprint density at radius 2 is 1.92 bits per heavy atom. The molecule has 1 N–H and O–H groups in total. The van der Waals surface area contributed by atoms with Gasteiger partial charge >= 0.3 is 0 Å². The van der Waals surface area contributed by atoms with E-state index >= 15 is 0 Å². The molecule has 0 aromatic carbocycles. The normalized spacial score (nSPS) is 49.2. The molecule has 4 atom stereocenters. The number of nitrogens with zero attached hydrogens (tertiary/aromatic N) is 1. The highest BCUT2D eigenvalue weighted by molar-refractivity contribution is 4.97. The lowest BCUT2D eigenvalue weighted by Gasteiger charge is -2.38. The largest absolute Gasteiger partial charge is 0.311 e. The Morgan fingerprint density at radius 1 is 1.25 bits per heavy atom. The van der Waals surface area contributed by atoms with Crippen molar-refractivity contribution in [2.75, 3.05) is 13.1 Å². The summed E-state index contributed by atoms with van der Waals surface area (Å²) >= 11 is 0. The lowest BCUT2D eigenvalue weighted by Crippen LogP contribution is -2.55. The molecule has 4 unspecified atom stereocenters. The summed E-state index contributed by atoms with van der Waals surface area (Å²) in [6, 6.07) is 2.34. The van der Waals surface area contributed by atoms with Crippen LogP contribution in [-0.4, -0.2) is 36.1 Å². The van der Waals surface area contributed by atoms with E-state index in [-0.39, 0.29) is 0 Å². The van der Waals surface area contributed by atoms with Crippen LogP contribution in [0.5, 0.6) is 0 Å². The van der Waals surface area contributed by atoms with Gasteiger partial charge in [-0.1, -0.05) is 6.92 Å². The summed E-state index contributed by atoms with van der Waals surface area (Å²) in [5.41, 5.74) is 0. The van der Waals surface area contributed by atoms with Crippen LogP contribution >= 0.6 is 0 Å². The van der Waals surface area contributed by atoms with Gasteiger partial charge in [0.2, 0.25) is 0 Å². The molecule has 12 heavy (non-hydrogen) atoms. The van der Waals surface area contributed by atoms with Crippen LogP contribution in [0.2, 0.25) is 0 Å². The molecule has 1 aliphatic carbocycles. The van der Waals surface area contributed by atoms with Gasteiger partial charge in [-0.15, -0.1) is 0 Å². The summed E-state index contributed by atoms with van der Waals surface area (Å²) in [6.07, 6.45) is 1.43. The first-order valence-corrected chi connectivity index (χ1v) is 5.17. The first-order chi connectivity index (χ1) is 5.68. The SMILES string of the molecule is CC1CN(C2CC2C)C(C)CN1. The number of piperazine rings is 1. The number of hydrogen-bond acceptors (Lipinski definition) is 2. The maximum atomic E-state index is 3.52. The van der Waals surface area contributed by atoms with Crippen LogP contribution < -0.4 is 5.32 Å². The molecule has 1 heterocycles. The molecule has 1 aliphatic heterocycles. The van der Waals surface area contributed by atoms with Crippen molar-refractivity contribution >= 4 is 0 Å². The van der Waals surface area contributed by atoms with Gasteiger partial charge in [0.15, 0.2) is 0 Å². The molecule has 0 aromatic rings. The predicted molar refractivity (Wildman–Crippen MR) is 51.2 cm³/mol. The topological polar surface area (TPSA) is 15.3 Å². The third-order valence-corrected chi connectivity index (χ3v) is 3.31. The average Bonchev–Trinajstić information content (AvgIpc) is 2.73. The molecule has 0 radical (unpaired) electrons. The van der Waals surface area contributed by atoms with Crippen LogP contribution in [0, 0.1) is 5.92 Å². The Morgan fingerprint density at radius 3 is 2.50 bits per heavy atom. The second-order valence-electron chi connectivity index (χ2n) is 4.64. The van der Waals surface area contributed by atoms with Crippen LogP contribution in [0.3, 0.4) is 0 Å². The van der Waals surface area contributed by atoms with E-state index < -0.39 is 0 Å². The Balaban J connectivity index is 1.93. The Hall–Kier alpha value is -0.0800. The Kier molecular flexibility index (Phi) is 2.13. The van der Waals surface area contributed by atoms with Gasteiger partial charge < -0.3 is 5.32 Å². The fourth-order valence-electron chi connectivity index (χ4n) is 2.28. The molecule has 0 spiro atoms. The number of nitrogens with one attached hydrogen (secondary N) is 1. The summed E-state index contributed by atoms with van der Waals surface area (Å²) < 4.78 is 0. The van der Waals surface area contributed by atoms with Crippen molar-refractivity contribution in [1.82, 2.24) is 10.2 Å². The third-order valence-electron chi connectivity index (χ3n) is 3.31. The maximum absolute atomic E-state index is 3.52. The molecule has 1 saturated carbocycles. The van der Waals surface area contributed by atoms with Gasteiger partial charge in [0.1, 0.15) is 0 Å². The van der Waals surface area contributed by atoms with Crippen molar-refractivity contribution in [2.24, 2.45) is 5.92 Å². The van der Waals surface area contributed by atoms with Gasteiger partial charge in [-0.2, -0.15) is 0 Å². The molecule has 2 nitrogen and oxygen atoms in total. The molecular formula is C10H20N2. The molecule has 70 valence electrons.